The number of nitrogens with one attached hydrogen (secondary N) is 1. The summed E-state index contributed by atoms with van der Waals surface area (Å²) < 4.78 is 19.8. The number of nitrogens with zero attached hydrogens (tertiary/aromatic N) is 4. The van der Waals surface area contributed by atoms with Gasteiger partial charge in [-0.25, -0.2) is 19.2 Å². The molecule has 0 radical (unpaired) electrons. The Balaban J connectivity index is 1.86. The van der Waals surface area contributed by atoms with Gasteiger partial charge in [0.05, 0.1) is 29.6 Å². The van der Waals surface area contributed by atoms with Gasteiger partial charge in [0, 0.05) is 12.7 Å². The molecule has 0 unspecified atom stereocenters. The van der Waals surface area contributed by atoms with Crippen LogP contribution in [0.15, 0.2) is 59.9 Å². The number of ether oxygens (including phenoxy) is 1. The quantitative estimate of drug-likeness (QED) is 0.397. The zero-order chi connectivity index (χ0) is 24.1. The molecular weight excluding hydrogens is 441 g/mol. The third-order valence-electron chi connectivity index (χ3n) is 5.02. The highest BCUT2D eigenvalue weighted by Gasteiger charge is 2.26. The van der Waals surface area contributed by atoms with Crippen molar-refractivity contribution < 1.29 is 18.8 Å². The van der Waals surface area contributed by atoms with Crippen LogP contribution >= 0.6 is 0 Å². The van der Waals surface area contributed by atoms with Crippen LogP contribution in [0.1, 0.15) is 34.1 Å². The number of aryl methyl sites for hydroxylation is 1. The summed E-state index contributed by atoms with van der Waals surface area (Å²) in [6, 6.07) is 10.6. The van der Waals surface area contributed by atoms with Crippen LogP contribution < -0.4 is 15.7 Å². The molecule has 0 atom stereocenters. The zero-order valence-corrected chi connectivity index (χ0v) is 18.6. The van der Waals surface area contributed by atoms with Crippen LogP contribution in [0.25, 0.3) is 11.0 Å². The van der Waals surface area contributed by atoms with E-state index < -0.39 is 17.3 Å². The topological polar surface area (TPSA) is 108 Å². The van der Waals surface area contributed by atoms with E-state index in [1.54, 1.807) is 13.8 Å². The van der Waals surface area contributed by atoms with Crippen molar-refractivity contribution in [2.24, 2.45) is 0 Å². The number of benzene rings is 1. The van der Waals surface area contributed by atoms with E-state index in [2.05, 4.69) is 20.3 Å². The van der Waals surface area contributed by atoms with E-state index in [1.165, 1.54) is 18.6 Å². The molecule has 0 saturated carbocycles. The molecule has 0 bridgehead atoms. The summed E-state index contributed by atoms with van der Waals surface area (Å²) in [6.07, 6.45) is 3.88. The highest BCUT2D eigenvalue weighted by molar-refractivity contribution is 6.04. The molecular formula is C24H22FN5O4. The van der Waals surface area contributed by atoms with Crippen LogP contribution in [0.2, 0.25) is 0 Å². The van der Waals surface area contributed by atoms with Gasteiger partial charge < -0.3 is 14.9 Å². The van der Waals surface area contributed by atoms with Crippen molar-refractivity contribution in [2.75, 3.05) is 11.9 Å². The number of hydrogen-bond acceptors (Lipinski definition) is 8. The van der Waals surface area contributed by atoms with Crippen molar-refractivity contribution in [3.05, 3.63) is 93.7 Å². The smallest absolute Gasteiger partial charge is 0.346 e. The first-order valence-corrected chi connectivity index (χ1v) is 10.6. The molecule has 3 heterocycles. The molecule has 4 aromatic rings. The number of anilines is 1. The van der Waals surface area contributed by atoms with Crippen LogP contribution in [0, 0.1) is 12.7 Å². The Morgan fingerprint density at radius 3 is 2.68 bits per heavy atom. The fraction of sp³-hybridized carbons (Fsp3) is 0.208. The molecule has 0 amide bonds. The van der Waals surface area contributed by atoms with Crippen molar-refractivity contribution >= 4 is 22.7 Å². The third kappa shape index (κ3) is 4.70. The van der Waals surface area contributed by atoms with E-state index in [9.17, 15) is 14.0 Å². The number of pyridine rings is 2. The van der Waals surface area contributed by atoms with Gasteiger partial charge in [0.15, 0.2) is 11.2 Å². The minimum atomic E-state index is -0.824. The van der Waals surface area contributed by atoms with Crippen molar-refractivity contribution in [1.29, 1.82) is 0 Å². The lowest BCUT2D eigenvalue weighted by Crippen LogP contribution is -2.34. The van der Waals surface area contributed by atoms with Gasteiger partial charge in [-0.1, -0.05) is 30.3 Å². The first-order chi connectivity index (χ1) is 16.5. The van der Waals surface area contributed by atoms with Gasteiger partial charge in [0.1, 0.15) is 18.8 Å². The molecule has 4 rings (SSSR count). The van der Waals surface area contributed by atoms with Gasteiger partial charge in [-0.3, -0.25) is 9.78 Å². The van der Waals surface area contributed by atoms with E-state index in [4.69, 9.17) is 9.57 Å². The molecule has 1 N–H and O–H groups in total. The lowest BCUT2D eigenvalue weighted by molar-refractivity contribution is 0.0513. The van der Waals surface area contributed by atoms with Crippen LogP contribution in [-0.4, -0.2) is 32.3 Å². The largest absolute Gasteiger partial charge is 0.462 e. The van der Waals surface area contributed by atoms with Crippen molar-refractivity contribution in [3.8, 4) is 0 Å². The zero-order valence-electron chi connectivity index (χ0n) is 18.6. The number of fused-ring (bicyclic) bond motifs is 1. The maximum atomic E-state index is 13.6. The number of carbonyl (C=O) groups excluding carboxylic acids is 1. The molecule has 0 fully saturated rings. The fourth-order valence-corrected chi connectivity index (χ4v) is 3.48. The Morgan fingerprint density at radius 1 is 1.15 bits per heavy atom. The Kier molecular flexibility index (Phi) is 6.77. The van der Waals surface area contributed by atoms with Crippen LogP contribution in [0.5, 0.6) is 0 Å². The highest BCUT2D eigenvalue weighted by Crippen LogP contribution is 2.27. The third-order valence-corrected chi connectivity index (χ3v) is 5.02. The van der Waals surface area contributed by atoms with Crippen LogP contribution in [0.3, 0.4) is 0 Å². The Bertz CT molecular complexity index is 1390. The summed E-state index contributed by atoms with van der Waals surface area (Å²) in [7, 11) is 0. The summed E-state index contributed by atoms with van der Waals surface area (Å²) in [5.74, 6) is -1.33. The Labute approximate surface area is 194 Å². The summed E-state index contributed by atoms with van der Waals surface area (Å²) in [5.41, 5.74) is 1.22. The first-order valence-electron chi connectivity index (χ1n) is 10.6. The van der Waals surface area contributed by atoms with E-state index in [0.717, 1.165) is 16.5 Å². The molecule has 0 spiro atoms. The average molecular weight is 463 g/mol. The summed E-state index contributed by atoms with van der Waals surface area (Å²) in [4.78, 5) is 44.5. The minimum absolute atomic E-state index is 0.0682. The number of rotatable bonds is 8. The first kappa shape index (κ1) is 22.8. The predicted molar refractivity (Wildman–Crippen MR) is 123 cm³/mol. The lowest BCUT2D eigenvalue weighted by atomic mass is 10.1. The minimum Gasteiger partial charge on any atom is -0.462 e. The molecule has 10 heteroatoms. The van der Waals surface area contributed by atoms with E-state index in [-0.39, 0.29) is 36.7 Å². The van der Waals surface area contributed by atoms with Gasteiger partial charge in [-0.2, -0.15) is 0 Å². The molecule has 3 aromatic heterocycles. The standard InChI is InChI=1S/C24H22FN5O4/c1-3-33-24(32)20-21(27-11-17-9-18(25)12-26-10-17)19-15(2)28-14-29-22(19)30(23(20)31)34-13-16-7-5-4-6-8-16/h4-10,12,14,27H,3,11,13H2,1-2H3. The van der Waals surface area contributed by atoms with E-state index in [0.29, 0.717) is 16.6 Å². The summed E-state index contributed by atoms with van der Waals surface area (Å²) in [6.45, 7) is 3.60. The van der Waals surface area contributed by atoms with Crippen molar-refractivity contribution in [1.82, 2.24) is 19.7 Å². The number of carbonyl (C=O) groups is 1. The molecule has 9 nitrogen and oxygen atoms in total. The lowest BCUT2D eigenvalue weighted by Gasteiger charge is -2.18. The molecule has 1 aromatic carbocycles. The van der Waals surface area contributed by atoms with Gasteiger partial charge in [-0.05, 0) is 31.0 Å². The highest BCUT2D eigenvalue weighted by atomic mass is 19.1. The maximum absolute atomic E-state index is 13.6. The van der Waals surface area contributed by atoms with Crippen molar-refractivity contribution in [2.45, 2.75) is 27.0 Å². The SMILES string of the molecule is CCOC(=O)c1c(NCc2cncc(F)c2)c2c(C)ncnc2n(OCc2ccccc2)c1=O. The second-order valence-electron chi connectivity index (χ2n) is 7.35. The van der Waals surface area contributed by atoms with E-state index in [1.807, 2.05) is 30.3 Å². The molecule has 0 aliphatic heterocycles. The second-order valence-corrected chi connectivity index (χ2v) is 7.35. The molecule has 0 saturated heterocycles. The van der Waals surface area contributed by atoms with Gasteiger partial charge in [-0.15, -0.1) is 4.73 Å². The Morgan fingerprint density at radius 2 is 1.94 bits per heavy atom. The maximum Gasteiger partial charge on any atom is 0.346 e. The monoisotopic (exact) mass is 463 g/mol. The number of hydrogen-bond donors (Lipinski definition) is 1. The molecule has 174 valence electrons. The molecule has 0 aliphatic carbocycles. The predicted octanol–water partition coefficient (Wildman–Crippen LogP) is 3.05. The summed E-state index contributed by atoms with van der Waals surface area (Å²) in [5, 5.41) is 3.47. The van der Waals surface area contributed by atoms with Gasteiger partial charge in [0.2, 0.25) is 0 Å². The average Bonchev–Trinajstić information content (AvgIpc) is 2.83. The summed E-state index contributed by atoms with van der Waals surface area (Å²) >= 11 is 0. The number of esters is 1. The van der Waals surface area contributed by atoms with Gasteiger partial charge >= 0.3 is 11.5 Å². The molecule has 0 aliphatic rings. The molecule has 34 heavy (non-hydrogen) atoms. The fourth-order valence-electron chi connectivity index (χ4n) is 3.48. The number of aromatic nitrogens is 4. The van der Waals surface area contributed by atoms with Gasteiger partial charge in [0.25, 0.3) is 0 Å². The van der Waals surface area contributed by atoms with E-state index >= 15 is 0 Å². The van der Waals surface area contributed by atoms with Crippen LogP contribution in [-0.2, 0) is 17.9 Å². The number of halogens is 1. The van der Waals surface area contributed by atoms with Crippen LogP contribution in [0.4, 0.5) is 10.1 Å². The Hall–Kier alpha value is -4.34. The second kappa shape index (κ2) is 10.1. The normalized spacial score (nSPS) is 10.8. The van der Waals surface area contributed by atoms with Crippen molar-refractivity contribution in [3.63, 3.8) is 0 Å².